The maximum absolute atomic E-state index is 6.06. The summed E-state index contributed by atoms with van der Waals surface area (Å²) in [6, 6.07) is 15.9. The van der Waals surface area contributed by atoms with Gasteiger partial charge in [-0.15, -0.1) is 0 Å². The van der Waals surface area contributed by atoms with Gasteiger partial charge >= 0.3 is 0 Å². The highest BCUT2D eigenvalue weighted by Gasteiger charge is 2.16. The van der Waals surface area contributed by atoms with Crippen molar-refractivity contribution in [3.05, 3.63) is 67.1 Å². The number of furan rings is 1. The van der Waals surface area contributed by atoms with Crippen LogP contribution in [-0.2, 0) is 0 Å². The third kappa shape index (κ3) is 1.75. The molecule has 0 bridgehead atoms. The van der Waals surface area contributed by atoms with Crippen LogP contribution < -0.4 is 0 Å². The van der Waals surface area contributed by atoms with Crippen LogP contribution in [-0.4, -0.2) is 15.0 Å². The van der Waals surface area contributed by atoms with Crippen molar-refractivity contribution < 1.29 is 4.42 Å². The second-order valence-corrected chi connectivity index (χ2v) is 5.37. The van der Waals surface area contributed by atoms with Gasteiger partial charge in [0, 0.05) is 34.7 Å². The zero-order valence-electron chi connectivity index (χ0n) is 12.1. The van der Waals surface area contributed by atoms with Crippen molar-refractivity contribution in [2.75, 3.05) is 0 Å². The largest absolute Gasteiger partial charge is 0.454 e. The predicted octanol–water partition coefficient (Wildman–Crippen LogP) is 4.59. The summed E-state index contributed by atoms with van der Waals surface area (Å²) in [4.78, 5) is 13.5. The van der Waals surface area contributed by atoms with Gasteiger partial charge in [-0.05, 0) is 24.3 Å². The first-order valence-corrected chi connectivity index (χ1v) is 7.38. The second kappa shape index (κ2) is 4.61. The average Bonchev–Trinajstić information content (AvgIpc) is 3.00. The van der Waals surface area contributed by atoms with Gasteiger partial charge in [0.15, 0.2) is 5.58 Å². The van der Waals surface area contributed by atoms with Crippen molar-refractivity contribution in [3.8, 4) is 11.4 Å². The molecule has 5 aromatic rings. The van der Waals surface area contributed by atoms with Crippen molar-refractivity contribution in [3.63, 3.8) is 0 Å². The Morgan fingerprint density at radius 3 is 2.52 bits per heavy atom. The molecular weight excluding hydrogens is 286 g/mol. The standard InChI is InChI=1S/C19H11N3O/c1-2-6-15-13(5-1)14-8-11-22-18(19(14)23-15)17-16-12(7-10-21-17)4-3-9-20-16/h1-11H. The Balaban J connectivity index is 1.93. The van der Waals surface area contributed by atoms with E-state index in [2.05, 4.69) is 21.0 Å². The number of nitrogens with zero attached hydrogens (tertiary/aromatic N) is 3. The summed E-state index contributed by atoms with van der Waals surface area (Å²) in [7, 11) is 0. The van der Waals surface area contributed by atoms with Crippen molar-refractivity contribution >= 4 is 32.8 Å². The molecule has 0 amide bonds. The molecular formula is C19H11N3O. The van der Waals surface area contributed by atoms with Gasteiger partial charge in [-0.3, -0.25) is 15.0 Å². The van der Waals surface area contributed by atoms with Gasteiger partial charge in [0.1, 0.15) is 17.0 Å². The van der Waals surface area contributed by atoms with E-state index in [0.29, 0.717) is 0 Å². The Morgan fingerprint density at radius 1 is 0.652 bits per heavy atom. The first-order valence-electron chi connectivity index (χ1n) is 7.38. The molecule has 108 valence electrons. The first kappa shape index (κ1) is 12.3. The molecule has 0 aliphatic heterocycles. The fourth-order valence-corrected chi connectivity index (χ4v) is 3.00. The Morgan fingerprint density at radius 2 is 1.52 bits per heavy atom. The monoisotopic (exact) mass is 297 g/mol. The van der Waals surface area contributed by atoms with E-state index in [1.165, 1.54) is 0 Å². The van der Waals surface area contributed by atoms with Crippen molar-refractivity contribution in [2.45, 2.75) is 0 Å². The highest BCUT2D eigenvalue weighted by molar-refractivity contribution is 6.09. The van der Waals surface area contributed by atoms with E-state index in [1.54, 1.807) is 18.6 Å². The van der Waals surface area contributed by atoms with E-state index >= 15 is 0 Å². The maximum Gasteiger partial charge on any atom is 0.163 e. The van der Waals surface area contributed by atoms with Crippen molar-refractivity contribution in [1.29, 1.82) is 0 Å². The van der Waals surface area contributed by atoms with E-state index in [1.807, 2.05) is 42.5 Å². The Bertz CT molecular complexity index is 1170. The van der Waals surface area contributed by atoms with E-state index in [-0.39, 0.29) is 0 Å². The van der Waals surface area contributed by atoms with Crippen LogP contribution in [0.4, 0.5) is 0 Å². The number of hydrogen-bond donors (Lipinski definition) is 0. The smallest absolute Gasteiger partial charge is 0.163 e. The molecule has 5 rings (SSSR count). The maximum atomic E-state index is 6.06. The lowest BCUT2D eigenvalue weighted by molar-refractivity contribution is 0.668. The fraction of sp³-hybridized carbons (Fsp3) is 0. The predicted molar refractivity (Wildman–Crippen MR) is 90.0 cm³/mol. The molecule has 0 N–H and O–H groups in total. The lowest BCUT2D eigenvalue weighted by Gasteiger charge is -2.04. The SMILES string of the molecule is c1cnc2c(-c3nccc4c3oc3ccccc34)nccc2c1. The van der Waals surface area contributed by atoms with Gasteiger partial charge < -0.3 is 4.42 Å². The lowest BCUT2D eigenvalue weighted by atomic mass is 10.1. The molecule has 1 aromatic carbocycles. The summed E-state index contributed by atoms with van der Waals surface area (Å²) in [6.45, 7) is 0. The van der Waals surface area contributed by atoms with Gasteiger partial charge in [0.25, 0.3) is 0 Å². The van der Waals surface area contributed by atoms with Crippen LogP contribution in [0.15, 0.2) is 71.5 Å². The molecule has 4 heterocycles. The van der Waals surface area contributed by atoms with E-state index < -0.39 is 0 Å². The summed E-state index contributed by atoms with van der Waals surface area (Å²) >= 11 is 0. The molecule has 4 nitrogen and oxygen atoms in total. The number of fused-ring (bicyclic) bond motifs is 4. The number of benzene rings is 1. The molecule has 0 saturated carbocycles. The summed E-state index contributed by atoms with van der Waals surface area (Å²) < 4.78 is 6.06. The van der Waals surface area contributed by atoms with E-state index in [4.69, 9.17) is 4.42 Å². The van der Waals surface area contributed by atoms with Gasteiger partial charge in [0.2, 0.25) is 0 Å². The number of para-hydroxylation sites is 1. The number of hydrogen-bond acceptors (Lipinski definition) is 4. The van der Waals surface area contributed by atoms with Crippen LogP contribution in [0, 0.1) is 0 Å². The molecule has 0 radical (unpaired) electrons. The van der Waals surface area contributed by atoms with Gasteiger partial charge in [0.05, 0.1) is 5.52 Å². The first-order chi connectivity index (χ1) is 11.4. The summed E-state index contributed by atoms with van der Waals surface area (Å²) in [5, 5.41) is 3.16. The minimum atomic E-state index is 0.725. The van der Waals surface area contributed by atoms with Gasteiger partial charge in [-0.25, -0.2) is 0 Å². The topological polar surface area (TPSA) is 51.8 Å². The molecule has 0 aliphatic rings. The quantitative estimate of drug-likeness (QED) is 0.454. The number of aromatic nitrogens is 3. The number of pyridine rings is 3. The normalized spacial score (nSPS) is 11.5. The summed E-state index contributed by atoms with van der Waals surface area (Å²) in [5.74, 6) is 0. The molecule has 0 aliphatic carbocycles. The Hall–Kier alpha value is -3.27. The Labute approximate surface area is 131 Å². The minimum absolute atomic E-state index is 0.725. The van der Waals surface area contributed by atoms with Crippen LogP contribution in [0.25, 0.3) is 44.2 Å². The van der Waals surface area contributed by atoms with Crippen LogP contribution in [0.3, 0.4) is 0 Å². The Kier molecular flexibility index (Phi) is 2.46. The highest BCUT2D eigenvalue weighted by atomic mass is 16.3. The summed E-state index contributed by atoms with van der Waals surface area (Å²) in [5.41, 5.74) is 3.90. The molecule has 0 saturated heterocycles. The van der Waals surface area contributed by atoms with Crippen molar-refractivity contribution in [2.24, 2.45) is 0 Å². The third-order valence-electron chi connectivity index (χ3n) is 4.04. The van der Waals surface area contributed by atoms with Crippen LogP contribution in [0.1, 0.15) is 0 Å². The fourth-order valence-electron chi connectivity index (χ4n) is 3.00. The third-order valence-corrected chi connectivity index (χ3v) is 4.04. The molecule has 0 atom stereocenters. The second-order valence-electron chi connectivity index (χ2n) is 5.37. The minimum Gasteiger partial charge on any atom is -0.454 e. The molecule has 4 aromatic heterocycles. The van der Waals surface area contributed by atoms with Gasteiger partial charge in [-0.2, -0.15) is 0 Å². The highest BCUT2D eigenvalue weighted by Crippen LogP contribution is 2.35. The van der Waals surface area contributed by atoms with Crippen LogP contribution >= 0.6 is 0 Å². The number of rotatable bonds is 1. The zero-order chi connectivity index (χ0) is 15.2. The molecule has 4 heteroatoms. The van der Waals surface area contributed by atoms with E-state index in [9.17, 15) is 0 Å². The van der Waals surface area contributed by atoms with Crippen LogP contribution in [0.2, 0.25) is 0 Å². The zero-order valence-corrected chi connectivity index (χ0v) is 12.1. The van der Waals surface area contributed by atoms with Crippen molar-refractivity contribution in [1.82, 2.24) is 15.0 Å². The molecule has 0 fully saturated rings. The lowest BCUT2D eigenvalue weighted by Crippen LogP contribution is -1.91. The summed E-state index contributed by atoms with van der Waals surface area (Å²) in [6.07, 6.45) is 5.35. The molecule has 0 unspecified atom stereocenters. The average molecular weight is 297 g/mol. The molecule has 0 spiro atoms. The molecule has 23 heavy (non-hydrogen) atoms. The van der Waals surface area contributed by atoms with E-state index in [0.717, 1.165) is 44.2 Å². The van der Waals surface area contributed by atoms with Gasteiger partial charge in [-0.1, -0.05) is 24.3 Å². The van der Waals surface area contributed by atoms with Crippen LogP contribution in [0.5, 0.6) is 0 Å².